The minimum atomic E-state index is -0.740. The van der Waals surface area contributed by atoms with Gasteiger partial charge in [0.05, 0.1) is 11.4 Å². The molecule has 1 aliphatic carbocycles. The van der Waals surface area contributed by atoms with Crippen LogP contribution in [-0.4, -0.2) is 16.9 Å². The van der Waals surface area contributed by atoms with Crippen LogP contribution in [-0.2, 0) is 4.79 Å². The van der Waals surface area contributed by atoms with Crippen LogP contribution in [0.2, 0.25) is 0 Å². The van der Waals surface area contributed by atoms with E-state index in [1.807, 2.05) is 0 Å². The second-order valence-electron chi connectivity index (χ2n) is 4.74. The van der Waals surface area contributed by atoms with Gasteiger partial charge in [0.25, 0.3) is 0 Å². The number of nitrogens with one attached hydrogen (secondary N) is 1. The number of benzene rings is 1. The zero-order chi connectivity index (χ0) is 13.7. The highest BCUT2D eigenvalue weighted by Crippen LogP contribution is 2.28. The lowest BCUT2D eigenvalue weighted by Crippen LogP contribution is -2.18. The fourth-order valence-corrected chi connectivity index (χ4v) is 3.33. The summed E-state index contributed by atoms with van der Waals surface area (Å²) in [6, 6.07) is 3.14. The Hall–Kier alpha value is -1.10. The van der Waals surface area contributed by atoms with Crippen molar-refractivity contribution in [3.05, 3.63) is 29.8 Å². The van der Waals surface area contributed by atoms with E-state index >= 15 is 0 Å². The van der Waals surface area contributed by atoms with E-state index in [4.69, 9.17) is 0 Å². The van der Waals surface area contributed by atoms with Gasteiger partial charge in [0.1, 0.15) is 11.6 Å². The van der Waals surface area contributed by atoms with Gasteiger partial charge in [-0.3, -0.25) is 4.79 Å². The highest BCUT2D eigenvalue weighted by Gasteiger charge is 2.16. The third-order valence-corrected chi connectivity index (χ3v) is 4.58. The predicted molar refractivity (Wildman–Crippen MR) is 74.3 cm³/mol. The van der Waals surface area contributed by atoms with Crippen LogP contribution in [0.3, 0.4) is 0 Å². The molecule has 2 rings (SSSR count). The molecule has 1 N–H and O–H groups in total. The average Bonchev–Trinajstić information content (AvgIpc) is 2.41. The summed E-state index contributed by atoms with van der Waals surface area (Å²) in [5, 5.41) is 3.01. The summed E-state index contributed by atoms with van der Waals surface area (Å²) in [5.74, 6) is -1.30. The molecule has 5 heteroatoms. The molecule has 2 nitrogen and oxygen atoms in total. The fourth-order valence-electron chi connectivity index (χ4n) is 2.20. The summed E-state index contributed by atoms with van der Waals surface area (Å²) in [7, 11) is 0. The molecular weight excluding hydrogens is 268 g/mol. The molecule has 1 aromatic carbocycles. The van der Waals surface area contributed by atoms with Gasteiger partial charge in [-0.15, -0.1) is 11.8 Å². The van der Waals surface area contributed by atoms with Crippen LogP contribution in [0.1, 0.15) is 32.1 Å². The van der Waals surface area contributed by atoms with E-state index in [0.717, 1.165) is 25.0 Å². The van der Waals surface area contributed by atoms with Gasteiger partial charge >= 0.3 is 0 Å². The van der Waals surface area contributed by atoms with Gasteiger partial charge in [0, 0.05) is 11.3 Å². The summed E-state index contributed by atoms with van der Waals surface area (Å²) < 4.78 is 26.1. The van der Waals surface area contributed by atoms with Gasteiger partial charge in [-0.2, -0.15) is 0 Å². The van der Waals surface area contributed by atoms with E-state index in [9.17, 15) is 13.6 Å². The lowest BCUT2D eigenvalue weighted by molar-refractivity contribution is -0.113. The van der Waals surface area contributed by atoms with Gasteiger partial charge in [0.2, 0.25) is 5.91 Å². The number of rotatable bonds is 4. The number of thioether (sulfide) groups is 1. The second-order valence-corrected chi connectivity index (χ2v) is 6.03. The molecule has 1 saturated carbocycles. The molecule has 104 valence electrons. The summed E-state index contributed by atoms with van der Waals surface area (Å²) in [6.07, 6.45) is 6.05. The maximum absolute atomic E-state index is 13.3. The van der Waals surface area contributed by atoms with Gasteiger partial charge in [-0.1, -0.05) is 19.3 Å². The van der Waals surface area contributed by atoms with Crippen LogP contribution >= 0.6 is 11.8 Å². The summed E-state index contributed by atoms with van der Waals surface area (Å²) in [4.78, 5) is 11.7. The highest BCUT2D eigenvalue weighted by atomic mass is 32.2. The van der Waals surface area contributed by atoms with Gasteiger partial charge in [0.15, 0.2) is 0 Å². The molecule has 0 heterocycles. The zero-order valence-corrected chi connectivity index (χ0v) is 11.4. The van der Waals surface area contributed by atoms with E-state index in [1.165, 1.54) is 25.3 Å². The number of hydrogen-bond acceptors (Lipinski definition) is 2. The third-order valence-electron chi connectivity index (χ3n) is 3.21. The average molecular weight is 285 g/mol. The minimum Gasteiger partial charge on any atom is -0.323 e. The van der Waals surface area contributed by atoms with Crippen LogP contribution in [0.5, 0.6) is 0 Å². The maximum atomic E-state index is 13.3. The fraction of sp³-hybridized carbons (Fsp3) is 0.500. The van der Waals surface area contributed by atoms with E-state index in [1.54, 1.807) is 11.8 Å². The molecule has 0 spiro atoms. The van der Waals surface area contributed by atoms with Crippen molar-refractivity contribution in [1.82, 2.24) is 0 Å². The summed E-state index contributed by atoms with van der Waals surface area (Å²) in [6.45, 7) is 0. The van der Waals surface area contributed by atoms with Crippen molar-refractivity contribution in [2.45, 2.75) is 37.4 Å². The molecule has 1 aromatic rings. The Morgan fingerprint density at radius 1 is 1.26 bits per heavy atom. The molecule has 1 fully saturated rings. The van der Waals surface area contributed by atoms with Crippen molar-refractivity contribution in [3.8, 4) is 0 Å². The monoisotopic (exact) mass is 285 g/mol. The van der Waals surface area contributed by atoms with Gasteiger partial charge in [-0.05, 0) is 25.0 Å². The standard InChI is InChI=1S/C14H17F2NOS/c15-10-6-7-13(12(16)8-10)17-14(18)9-19-11-4-2-1-3-5-11/h6-8,11H,1-5,9H2,(H,17,18). The lowest BCUT2D eigenvalue weighted by Gasteiger charge is -2.20. The van der Waals surface area contributed by atoms with Crippen molar-refractivity contribution in [2.24, 2.45) is 0 Å². The molecule has 0 aromatic heterocycles. The second kappa shape index (κ2) is 6.89. The molecule has 0 unspecified atom stereocenters. The Labute approximate surface area is 116 Å². The SMILES string of the molecule is O=C(CSC1CCCCC1)Nc1ccc(F)cc1F. The number of carbonyl (C=O) groups is 1. The minimum absolute atomic E-state index is 0.0376. The molecule has 0 saturated heterocycles. The molecular formula is C14H17F2NOS. The van der Waals surface area contributed by atoms with Crippen molar-refractivity contribution in [2.75, 3.05) is 11.1 Å². The van der Waals surface area contributed by atoms with E-state index in [2.05, 4.69) is 5.32 Å². The van der Waals surface area contributed by atoms with Crippen LogP contribution in [0, 0.1) is 11.6 Å². The Morgan fingerprint density at radius 3 is 2.68 bits per heavy atom. The molecule has 1 aliphatic rings. The maximum Gasteiger partial charge on any atom is 0.234 e. The third kappa shape index (κ3) is 4.49. The van der Waals surface area contributed by atoms with Crippen LogP contribution in [0.15, 0.2) is 18.2 Å². The molecule has 0 radical (unpaired) electrons. The normalized spacial score (nSPS) is 16.3. The number of carbonyl (C=O) groups excluding carboxylic acids is 1. The van der Waals surface area contributed by atoms with Crippen molar-refractivity contribution < 1.29 is 13.6 Å². The highest BCUT2D eigenvalue weighted by molar-refractivity contribution is 8.00. The van der Waals surface area contributed by atoms with Crippen LogP contribution < -0.4 is 5.32 Å². The number of halogens is 2. The first-order valence-electron chi connectivity index (χ1n) is 6.51. The first-order valence-corrected chi connectivity index (χ1v) is 7.56. The molecule has 0 aliphatic heterocycles. The molecule has 19 heavy (non-hydrogen) atoms. The Kier molecular flexibility index (Phi) is 5.19. The van der Waals surface area contributed by atoms with E-state index < -0.39 is 11.6 Å². The van der Waals surface area contributed by atoms with Crippen LogP contribution in [0.25, 0.3) is 0 Å². The topological polar surface area (TPSA) is 29.1 Å². The first-order chi connectivity index (χ1) is 9.15. The van der Waals surface area contributed by atoms with Gasteiger partial charge in [-0.25, -0.2) is 8.78 Å². The van der Waals surface area contributed by atoms with Crippen molar-refractivity contribution >= 4 is 23.4 Å². The quantitative estimate of drug-likeness (QED) is 0.907. The number of anilines is 1. The molecule has 1 amide bonds. The van der Waals surface area contributed by atoms with E-state index in [0.29, 0.717) is 11.0 Å². The van der Waals surface area contributed by atoms with Crippen molar-refractivity contribution in [3.63, 3.8) is 0 Å². The largest absolute Gasteiger partial charge is 0.323 e. The number of hydrogen-bond donors (Lipinski definition) is 1. The zero-order valence-electron chi connectivity index (χ0n) is 10.6. The number of amides is 1. The Bertz CT molecular complexity index is 447. The van der Waals surface area contributed by atoms with Gasteiger partial charge < -0.3 is 5.32 Å². The Balaban J connectivity index is 1.80. The van der Waals surface area contributed by atoms with Crippen LogP contribution in [0.4, 0.5) is 14.5 Å². The van der Waals surface area contributed by atoms with Crippen molar-refractivity contribution in [1.29, 1.82) is 0 Å². The lowest BCUT2D eigenvalue weighted by atomic mass is 10.0. The predicted octanol–water partition coefficient (Wildman–Crippen LogP) is 3.97. The summed E-state index contributed by atoms with van der Waals surface area (Å²) >= 11 is 1.63. The van der Waals surface area contributed by atoms with E-state index in [-0.39, 0.29) is 11.6 Å². The summed E-state index contributed by atoms with van der Waals surface area (Å²) in [5.41, 5.74) is 0.0376. The smallest absolute Gasteiger partial charge is 0.234 e. The Morgan fingerprint density at radius 2 is 2.00 bits per heavy atom. The molecule has 0 atom stereocenters. The first kappa shape index (κ1) is 14.3. The molecule has 0 bridgehead atoms.